The lowest BCUT2D eigenvalue weighted by atomic mass is 10.2. The van der Waals surface area contributed by atoms with Crippen LogP contribution in [-0.4, -0.2) is 9.78 Å². The van der Waals surface area contributed by atoms with Crippen LogP contribution in [0.15, 0.2) is 66.9 Å². The molecule has 21 heavy (non-hydrogen) atoms. The first-order valence-corrected chi connectivity index (χ1v) is 6.86. The van der Waals surface area contributed by atoms with Gasteiger partial charge in [0.25, 0.3) is 0 Å². The number of para-hydroxylation sites is 1. The molecule has 0 spiro atoms. The van der Waals surface area contributed by atoms with Crippen LogP contribution >= 0.6 is 0 Å². The molecule has 0 amide bonds. The van der Waals surface area contributed by atoms with E-state index in [9.17, 15) is 4.39 Å². The van der Waals surface area contributed by atoms with Crippen LogP contribution in [0.25, 0.3) is 5.69 Å². The van der Waals surface area contributed by atoms with E-state index < -0.39 is 0 Å². The molecule has 2 aromatic carbocycles. The average molecular weight is 281 g/mol. The van der Waals surface area contributed by atoms with Gasteiger partial charge in [-0.15, -0.1) is 0 Å². The third kappa shape index (κ3) is 3.55. The molecule has 0 saturated carbocycles. The van der Waals surface area contributed by atoms with E-state index in [1.54, 1.807) is 12.1 Å². The van der Waals surface area contributed by atoms with Gasteiger partial charge in [0, 0.05) is 19.3 Å². The zero-order valence-corrected chi connectivity index (χ0v) is 11.5. The van der Waals surface area contributed by atoms with Gasteiger partial charge >= 0.3 is 0 Å². The smallest absolute Gasteiger partial charge is 0.123 e. The Hall–Kier alpha value is -2.46. The van der Waals surface area contributed by atoms with Crippen LogP contribution < -0.4 is 5.32 Å². The molecule has 0 unspecified atom stereocenters. The van der Waals surface area contributed by atoms with Crippen molar-refractivity contribution in [3.63, 3.8) is 0 Å². The highest BCUT2D eigenvalue weighted by atomic mass is 19.1. The maximum absolute atomic E-state index is 12.8. The third-order valence-corrected chi connectivity index (χ3v) is 3.21. The Balaban J connectivity index is 1.57. The largest absolute Gasteiger partial charge is 0.307 e. The molecule has 0 aliphatic heterocycles. The van der Waals surface area contributed by atoms with E-state index in [0.29, 0.717) is 13.1 Å². The second-order valence-corrected chi connectivity index (χ2v) is 4.82. The highest BCUT2D eigenvalue weighted by Crippen LogP contribution is 2.07. The highest BCUT2D eigenvalue weighted by molar-refractivity contribution is 5.30. The fourth-order valence-electron chi connectivity index (χ4n) is 2.12. The molecule has 3 aromatic rings. The van der Waals surface area contributed by atoms with Crippen molar-refractivity contribution in [2.75, 3.05) is 0 Å². The van der Waals surface area contributed by atoms with E-state index in [1.165, 1.54) is 12.1 Å². The van der Waals surface area contributed by atoms with Gasteiger partial charge in [0.05, 0.1) is 11.4 Å². The molecule has 1 heterocycles. The van der Waals surface area contributed by atoms with Crippen LogP contribution in [0.3, 0.4) is 0 Å². The number of hydrogen-bond acceptors (Lipinski definition) is 2. The molecule has 0 aliphatic carbocycles. The molecule has 0 radical (unpaired) electrons. The zero-order chi connectivity index (χ0) is 14.5. The number of halogens is 1. The molecule has 106 valence electrons. The van der Waals surface area contributed by atoms with E-state index in [2.05, 4.69) is 10.4 Å². The molecule has 3 nitrogen and oxygen atoms in total. The fourth-order valence-corrected chi connectivity index (χ4v) is 2.12. The molecule has 3 rings (SSSR count). The first kappa shape index (κ1) is 13.5. The maximum Gasteiger partial charge on any atom is 0.123 e. The molecular weight excluding hydrogens is 265 g/mol. The number of rotatable bonds is 5. The number of aromatic nitrogens is 2. The molecule has 0 aliphatic rings. The minimum absolute atomic E-state index is 0.208. The van der Waals surface area contributed by atoms with Crippen molar-refractivity contribution in [1.82, 2.24) is 15.1 Å². The van der Waals surface area contributed by atoms with Crippen molar-refractivity contribution >= 4 is 0 Å². The van der Waals surface area contributed by atoms with Crippen molar-refractivity contribution in [1.29, 1.82) is 0 Å². The topological polar surface area (TPSA) is 29.9 Å². The van der Waals surface area contributed by atoms with Gasteiger partial charge in [-0.3, -0.25) is 0 Å². The summed E-state index contributed by atoms with van der Waals surface area (Å²) in [6, 6.07) is 18.5. The Morgan fingerprint density at radius 1 is 0.905 bits per heavy atom. The lowest BCUT2D eigenvalue weighted by Gasteiger charge is -2.03. The summed E-state index contributed by atoms with van der Waals surface area (Å²) >= 11 is 0. The Morgan fingerprint density at radius 3 is 2.43 bits per heavy atom. The van der Waals surface area contributed by atoms with Gasteiger partial charge in [0.1, 0.15) is 5.82 Å². The zero-order valence-electron chi connectivity index (χ0n) is 11.5. The average Bonchev–Trinajstić information content (AvgIpc) is 2.99. The number of benzene rings is 2. The summed E-state index contributed by atoms with van der Waals surface area (Å²) in [5.41, 5.74) is 3.07. The van der Waals surface area contributed by atoms with Gasteiger partial charge in [-0.05, 0) is 35.9 Å². The van der Waals surface area contributed by atoms with E-state index >= 15 is 0 Å². The van der Waals surface area contributed by atoms with Crippen LogP contribution in [0.1, 0.15) is 11.3 Å². The summed E-state index contributed by atoms with van der Waals surface area (Å²) in [6.07, 6.45) is 1.95. The number of nitrogens with one attached hydrogen (secondary N) is 1. The van der Waals surface area contributed by atoms with Crippen LogP contribution in [0.5, 0.6) is 0 Å². The van der Waals surface area contributed by atoms with Crippen molar-refractivity contribution in [3.05, 3.63) is 83.9 Å². The van der Waals surface area contributed by atoms with Gasteiger partial charge < -0.3 is 5.32 Å². The summed E-state index contributed by atoms with van der Waals surface area (Å²) in [5, 5.41) is 7.82. The van der Waals surface area contributed by atoms with Crippen LogP contribution in [0.4, 0.5) is 4.39 Å². The molecule has 1 N–H and O–H groups in total. The van der Waals surface area contributed by atoms with E-state index in [-0.39, 0.29) is 5.82 Å². The summed E-state index contributed by atoms with van der Waals surface area (Å²) in [4.78, 5) is 0. The number of nitrogens with zero attached hydrogens (tertiary/aromatic N) is 2. The van der Waals surface area contributed by atoms with Crippen LogP contribution in [0.2, 0.25) is 0 Å². The minimum atomic E-state index is -0.208. The van der Waals surface area contributed by atoms with Crippen LogP contribution in [0, 0.1) is 5.82 Å². The van der Waals surface area contributed by atoms with Gasteiger partial charge in [-0.1, -0.05) is 30.3 Å². The Bertz CT molecular complexity index is 690. The Labute approximate surface area is 123 Å². The SMILES string of the molecule is Fc1ccc(CNCc2ccn(-c3ccccc3)n2)cc1. The van der Waals surface area contributed by atoms with Crippen molar-refractivity contribution < 1.29 is 4.39 Å². The summed E-state index contributed by atoms with van der Waals surface area (Å²) in [5.74, 6) is -0.208. The first-order chi connectivity index (χ1) is 10.3. The lowest BCUT2D eigenvalue weighted by Crippen LogP contribution is -2.13. The molecule has 0 bridgehead atoms. The predicted molar refractivity (Wildman–Crippen MR) is 80.5 cm³/mol. The second-order valence-electron chi connectivity index (χ2n) is 4.82. The van der Waals surface area contributed by atoms with Crippen molar-refractivity contribution in [2.45, 2.75) is 13.1 Å². The molecule has 0 saturated heterocycles. The van der Waals surface area contributed by atoms with Gasteiger partial charge in [-0.2, -0.15) is 5.10 Å². The Morgan fingerprint density at radius 2 is 1.67 bits per heavy atom. The van der Waals surface area contributed by atoms with Gasteiger partial charge in [0.2, 0.25) is 0 Å². The van der Waals surface area contributed by atoms with E-state index in [0.717, 1.165) is 16.9 Å². The second kappa shape index (κ2) is 6.33. The third-order valence-electron chi connectivity index (χ3n) is 3.21. The molecule has 1 aromatic heterocycles. The van der Waals surface area contributed by atoms with E-state index in [4.69, 9.17) is 0 Å². The minimum Gasteiger partial charge on any atom is -0.307 e. The van der Waals surface area contributed by atoms with Gasteiger partial charge in [0.15, 0.2) is 0 Å². The summed E-state index contributed by atoms with van der Waals surface area (Å²) < 4.78 is 14.7. The maximum atomic E-state index is 12.8. The lowest BCUT2D eigenvalue weighted by molar-refractivity contribution is 0.624. The van der Waals surface area contributed by atoms with Gasteiger partial charge in [-0.25, -0.2) is 9.07 Å². The normalized spacial score (nSPS) is 10.7. The Kier molecular flexibility index (Phi) is 4.07. The molecule has 0 fully saturated rings. The molecular formula is C17H16FN3. The summed E-state index contributed by atoms with van der Waals surface area (Å²) in [7, 11) is 0. The molecule has 4 heteroatoms. The van der Waals surface area contributed by atoms with Crippen LogP contribution in [-0.2, 0) is 13.1 Å². The molecule has 0 atom stereocenters. The fraction of sp³-hybridized carbons (Fsp3) is 0.118. The van der Waals surface area contributed by atoms with Crippen molar-refractivity contribution in [2.24, 2.45) is 0 Å². The highest BCUT2D eigenvalue weighted by Gasteiger charge is 2.01. The predicted octanol–water partition coefficient (Wildman–Crippen LogP) is 3.30. The summed E-state index contributed by atoms with van der Waals surface area (Å²) in [6.45, 7) is 1.37. The first-order valence-electron chi connectivity index (χ1n) is 6.86. The monoisotopic (exact) mass is 281 g/mol. The van der Waals surface area contributed by atoms with Crippen molar-refractivity contribution in [3.8, 4) is 5.69 Å². The quantitative estimate of drug-likeness (QED) is 0.777. The van der Waals surface area contributed by atoms with E-state index in [1.807, 2.05) is 47.3 Å². The standard InChI is InChI=1S/C17H16FN3/c18-15-8-6-14(7-9-15)12-19-13-16-10-11-21(20-16)17-4-2-1-3-5-17/h1-11,19H,12-13H2. The number of hydrogen-bond donors (Lipinski definition) is 1.